The molecule has 0 spiro atoms. The number of amides is 1. The second kappa shape index (κ2) is 9.59. The molecule has 0 radical (unpaired) electrons. The van der Waals surface area contributed by atoms with Crippen LogP contribution >= 0.6 is 0 Å². The molecular weight excluding hydrogens is 369 g/mol. The predicted molar refractivity (Wildman–Crippen MR) is 103 cm³/mol. The number of rotatable bonds is 8. The summed E-state index contributed by atoms with van der Waals surface area (Å²) in [6, 6.07) is 12.4. The molecule has 28 heavy (non-hydrogen) atoms. The Morgan fingerprint density at radius 1 is 1.11 bits per heavy atom. The standard InChI is InChI=1S/C21H25F3N2O2/c1-14(2)19(12-25-20(28)10-15-6-4-3-5-7-15)26-18-9-8-17(21(22,23)24)11-16(18)13-27/h3-9,11,14,19,26-27H,10,12-13H2,1-2H3,(H,25,28)/t19-/m1/s1. The van der Waals surface area contributed by atoms with E-state index in [0.717, 1.165) is 17.7 Å². The lowest BCUT2D eigenvalue weighted by atomic mass is 10.0. The second-order valence-corrected chi connectivity index (χ2v) is 6.99. The Morgan fingerprint density at radius 3 is 2.36 bits per heavy atom. The molecule has 2 aromatic carbocycles. The highest BCUT2D eigenvalue weighted by molar-refractivity contribution is 5.78. The van der Waals surface area contributed by atoms with Crippen molar-refractivity contribution in [3.63, 3.8) is 0 Å². The van der Waals surface area contributed by atoms with Crippen LogP contribution in [0.4, 0.5) is 18.9 Å². The van der Waals surface area contributed by atoms with E-state index in [9.17, 15) is 23.1 Å². The molecule has 4 nitrogen and oxygen atoms in total. The molecule has 152 valence electrons. The molecule has 0 aliphatic rings. The van der Waals surface area contributed by atoms with E-state index in [1.807, 2.05) is 44.2 Å². The van der Waals surface area contributed by atoms with Crippen molar-refractivity contribution in [3.8, 4) is 0 Å². The van der Waals surface area contributed by atoms with Gasteiger partial charge in [-0.3, -0.25) is 4.79 Å². The molecule has 7 heteroatoms. The summed E-state index contributed by atoms with van der Waals surface area (Å²) in [6.07, 6.45) is -4.21. The van der Waals surface area contributed by atoms with Crippen LogP contribution in [0.3, 0.4) is 0 Å². The van der Waals surface area contributed by atoms with Crippen LogP contribution in [0.1, 0.15) is 30.5 Å². The fourth-order valence-corrected chi connectivity index (χ4v) is 2.76. The minimum absolute atomic E-state index is 0.103. The van der Waals surface area contributed by atoms with E-state index in [4.69, 9.17) is 0 Å². The normalized spacial score (nSPS) is 12.7. The number of carbonyl (C=O) groups is 1. The average molecular weight is 394 g/mol. The number of alkyl halides is 3. The number of aliphatic hydroxyl groups excluding tert-OH is 1. The number of anilines is 1. The number of benzene rings is 2. The van der Waals surface area contributed by atoms with Crippen LogP contribution in [0, 0.1) is 5.92 Å². The molecule has 0 saturated carbocycles. The van der Waals surface area contributed by atoms with Crippen LogP contribution < -0.4 is 10.6 Å². The topological polar surface area (TPSA) is 61.4 Å². The van der Waals surface area contributed by atoms with Gasteiger partial charge >= 0.3 is 6.18 Å². The van der Waals surface area contributed by atoms with Gasteiger partial charge in [0.15, 0.2) is 0 Å². The van der Waals surface area contributed by atoms with Crippen molar-refractivity contribution in [2.24, 2.45) is 5.92 Å². The minimum atomic E-state index is -4.47. The zero-order chi connectivity index (χ0) is 20.7. The van der Waals surface area contributed by atoms with Crippen LogP contribution in [0.15, 0.2) is 48.5 Å². The van der Waals surface area contributed by atoms with Gasteiger partial charge in [0, 0.05) is 23.8 Å². The van der Waals surface area contributed by atoms with Crippen LogP contribution in [-0.4, -0.2) is 23.6 Å². The Labute approximate surface area is 162 Å². The van der Waals surface area contributed by atoms with Gasteiger partial charge in [0.2, 0.25) is 5.91 Å². The summed E-state index contributed by atoms with van der Waals surface area (Å²) >= 11 is 0. The van der Waals surface area contributed by atoms with Crippen molar-refractivity contribution in [3.05, 3.63) is 65.2 Å². The van der Waals surface area contributed by atoms with Crippen molar-refractivity contribution in [1.29, 1.82) is 0 Å². The first-order chi connectivity index (χ1) is 13.2. The molecule has 3 N–H and O–H groups in total. The molecule has 1 amide bonds. The number of halogens is 3. The highest BCUT2D eigenvalue weighted by Crippen LogP contribution is 2.32. The quantitative estimate of drug-likeness (QED) is 0.634. The summed E-state index contributed by atoms with van der Waals surface area (Å²) in [4.78, 5) is 12.2. The van der Waals surface area contributed by atoms with E-state index in [1.54, 1.807) is 0 Å². The molecule has 1 atom stereocenters. The number of nitrogens with one attached hydrogen (secondary N) is 2. The molecular formula is C21H25F3N2O2. The van der Waals surface area contributed by atoms with Crippen molar-refractivity contribution in [1.82, 2.24) is 5.32 Å². The maximum absolute atomic E-state index is 12.9. The zero-order valence-electron chi connectivity index (χ0n) is 15.9. The number of aliphatic hydroxyl groups is 1. The lowest BCUT2D eigenvalue weighted by Gasteiger charge is -2.25. The van der Waals surface area contributed by atoms with Gasteiger partial charge in [0.05, 0.1) is 18.6 Å². The third kappa shape index (κ3) is 6.27. The molecule has 0 heterocycles. The number of hydrogen-bond donors (Lipinski definition) is 3. The van der Waals surface area contributed by atoms with Gasteiger partial charge in [0.1, 0.15) is 0 Å². The van der Waals surface area contributed by atoms with Crippen molar-refractivity contribution in [2.75, 3.05) is 11.9 Å². The SMILES string of the molecule is CC(C)[C@@H](CNC(=O)Cc1ccccc1)Nc1ccc(C(F)(F)F)cc1CO. The number of hydrogen-bond acceptors (Lipinski definition) is 3. The van der Waals surface area contributed by atoms with Gasteiger partial charge in [-0.05, 0) is 29.7 Å². The molecule has 0 bridgehead atoms. The van der Waals surface area contributed by atoms with Crippen LogP contribution in [0.2, 0.25) is 0 Å². The molecule has 2 rings (SSSR count). The molecule has 0 aliphatic carbocycles. The zero-order valence-corrected chi connectivity index (χ0v) is 15.9. The summed E-state index contributed by atoms with van der Waals surface area (Å²) in [5.41, 5.74) is 0.682. The van der Waals surface area contributed by atoms with Gasteiger partial charge in [-0.25, -0.2) is 0 Å². The van der Waals surface area contributed by atoms with Gasteiger partial charge in [-0.2, -0.15) is 13.2 Å². The number of carbonyl (C=O) groups excluding carboxylic acids is 1. The lowest BCUT2D eigenvalue weighted by molar-refractivity contribution is -0.137. The van der Waals surface area contributed by atoms with E-state index in [0.29, 0.717) is 12.2 Å². The largest absolute Gasteiger partial charge is 0.416 e. The first kappa shape index (κ1) is 21.8. The summed E-state index contributed by atoms with van der Waals surface area (Å²) in [5.74, 6) is -0.0284. The summed E-state index contributed by atoms with van der Waals surface area (Å²) in [7, 11) is 0. The smallest absolute Gasteiger partial charge is 0.392 e. The molecule has 2 aromatic rings. The van der Waals surface area contributed by atoms with Crippen LogP contribution in [0.5, 0.6) is 0 Å². The Kier molecular flexibility index (Phi) is 7.45. The molecule has 0 fully saturated rings. The Hall–Kier alpha value is -2.54. The Balaban J connectivity index is 2.03. The second-order valence-electron chi connectivity index (χ2n) is 6.99. The monoisotopic (exact) mass is 394 g/mol. The van der Waals surface area contributed by atoms with E-state index in [2.05, 4.69) is 10.6 Å². The molecule has 0 aliphatic heterocycles. The Morgan fingerprint density at radius 2 is 1.79 bits per heavy atom. The Bertz CT molecular complexity index is 777. The van der Waals surface area contributed by atoms with E-state index in [-0.39, 0.29) is 29.9 Å². The van der Waals surface area contributed by atoms with Gasteiger partial charge in [-0.15, -0.1) is 0 Å². The average Bonchev–Trinajstić information content (AvgIpc) is 2.64. The molecule has 0 aromatic heterocycles. The maximum Gasteiger partial charge on any atom is 0.416 e. The van der Waals surface area contributed by atoms with Gasteiger partial charge in [-0.1, -0.05) is 44.2 Å². The van der Waals surface area contributed by atoms with Crippen molar-refractivity contribution in [2.45, 2.75) is 39.1 Å². The van der Waals surface area contributed by atoms with Gasteiger partial charge in [0.25, 0.3) is 0 Å². The van der Waals surface area contributed by atoms with E-state index in [1.165, 1.54) is 6.07 Å². The highest BCUT2D eigenvalue weighted by Gasteiger charge is 2.31. The van der Waals surface area contributed by atoms with Crippen LogP contribution in [-0.2, 0) is 24.0 Å². The van der Waals surface area contributed by atoms with Crippen molar-refractivity contribution < 1.29 is 23.1 Å². The third-order valence-electron chi connectivity index (χ3n) is 4.48. The molecule has 0 saturated heterocycles. The summed E-state index contributed by atoms with van der Waals surface area (Å²) in [5, 5.41) is 15.5. The predicted octanol–water partition coefficient (Wildman–Crippen LogP) is 3.99. The van der Waals surface area contributed by atoms with Gasteiger partial charge < -0.3 is 15.7 Å². The summed E-state index contributed by atoms with van der Waals surface area (Å²) in [6.45, 7) is 3.69. The first-order valence-corrected chi connectivity index (χ1v) is 9.09. The molecule has 0 unspecified atom stereocenters. The fourth-order valence-electron chi connectivity index (χ4n) is 2.76. The van der Waals surface area contributed by atoms with Crippen molar-refractivity contribution >= 4 is 11.6 Å². The maximum atomic E-state index is 12.9. The lowest BCUT2D eigenvalue weighted by Crippen LogP contribution is -2.40. The van der Waals surface area contributed by atoms with E-state index >= 15 is 0 Å². The summed E-state index contributed by atoms with van der Waals surface area (Å²) < 4.78 is 38.6. The van der Waals surface area contributed by atoms with Crippen LogP contribution in [0.25, 0.3) is 0 Å². The minimum Gasteiger partial charge on any atom is -0.392 e. The third-order valence-corrected chi connectivity index (χ3v) is 4.48. The fraction of sp³-hybridized carbons (Fsp3) is 0.381. The highest BCUT2D eigenvalue weighted by atomic mass is 19.4. The first-order valence-electron chi connectivity index (χ1n) is 9.09. The van der Waals surface area contributed by atoms with E-state index < -0.39 is 18.3 Å².